The summed E-state index contributed by atoms with van der Waals surface area (Å²) in [4.78, 5) is 0. The quantitative estimate of drug-likeness (QED) is 0.869. The van der Waals surface area contributed by atoms with Crippen molar-refractivity contribution in [2.24, 2.45) is 5.41 Å². The lowest BCUT2D eigenvalue weighted by Crippen LogP contribution is -2.60. The Morgan fingerprint density at radius 3 is 2.75 bits per heavy atom. The van der Waals surface area contributed by atoms with Gasteiger partial charge in [-0.1, -0.05) is 26.0 Å². The maximum absolute atomic E-state index is 14.0. The van der Waals surface area contributed by atoms with E-state index in [-0.39, 0.29) is 11.2 Å². The van der Waals surface area contributed by atoms with Gasteiger partial charge in [-0.05, 0) is 19.4 Å². The van der Waals surface area contributed by atoms with Crippen LogP contribution < -0.4 is 10.1 Å². The maximum atomic E-state index is 14.0. The van der Waals surface area contributed by atoms with Crippen molar-refractivity contribution in [1.29, 1.82) is 0 Å². The monoisotopic (exact) mass is 281 g/mol. The lowest BCUT2D eigenvalue weighted by atomic mass is 9.64. The average molecular weight is 281 g/mol. The molecule has 2 atom stereocenters. The number of methoxy groups -OCH3 is 1. The van der Waals surface area contributed by atoms with E-state index in [9.17, 15) is 4.39 Å². The minimum atomic E-state index is -0.277. The standard InChI is InChI=1S/C16H24FNO2/c1-5-20-14-9-13(16(14,2)3)18-10-11-7-6-8-12(19-4)15(11)17/h6-8,13-14,18H,5,9-10H2,1-4H3. The molecule has 4 heteroatoms. The van der Waals surface area contributed by atoms with Crippen LogP contribution in [0.5, 0.6) is 5.75 Å². The molecule has 0 bridgehead atoms. The second kappa shape index (κ2) is 6.10. The molecule has 1 fully saturated rings. The summed E-state index contributed by atoms with van der Waals surface area (Å²) in [6, 6.07) is 5.59. The number of nitrogens with one attached hydrogen (secondary N) is 1. The van der Waals surface area contributed by atoms with Gasteiger partial charge in [0.05, 0.1) is 13.2 Å². The number of rotatable bonds is 6. The lowest BCUT2D eigenvalue weighted by molar-refractivity contribution is -0.114. The summed E-state index contributed by atoms with van der Waals surface area (Å²) in [5, 5.41) is 3.43. The van der Waals surface area contributed by atoms with E-state index in [0.717, 1.165) is 13.0 Å². The molecule has 2 rings (SSSR count). The molecule has 1 saturated carbocycles. The van der Waals surface area contributed by atoms with Gasteiger partial charge in [-0.25, -0.2) is 4.39 Å². The molecule has 112 valence electrons. The van der Waals surface area contributed by atoms with Gasteiger partial charge < -0.3 is 14.8 Å². The number of halogens is 1. The van der Waals surface area contributed by atoms with Gasteiger partial charge in [0.15, 0.2) is 11.6 Å². The fourth-order valence-electron chi connectivity index (χ4n) is 2.80. The summed E-state index contributed by atoms with van der Waals surface area (Å²) in [5.41, 5.74) is 0.728. The molecule has 0 heterocycles. The molecular weight excluding hydrogens is 257 g/mol. The van der Waals surface area contributed by atoms with Crippen molar-refractivity contribution >= 4 is 0 Å². The fraction of sp³-hybridized carbons (Fsp3) is 0.625. The number of hydrogen-bond donors (Lipinski definition) is 1. The summed E-state index contributed by atoms with van der Waals surface area (Å²) >= 11 is 0. The molecular formula is C16H24FNO2. The van der Waals surface area contributed by atoms with Crippen LogP contribution in [0.3, 0.4) is 0 Å². The zero-order valence-electron chi connectivity index (χ0n) is 12.7. The highest BCUT2D eigenvalue weighted by molar-refractivity contribution is 5.31. The highest BCUT2D eigenvalue weighted by Crippen LogP contribution is 2.42. The lowest BCUT2D eigenvalue weighted by Gasteiger charge is -2.52. The first kappa shape index (κ1) is 15.3. The Labute approximate surface area is 120 Å². The summed E-state index contributed by atoms with van der Waals surface area (Å²) < 4.78 is 24.7. The van der Waals surface area contributed by atoms with Gasteiger partial charge in [-0.15, -0.1) is 0 Å². The predicted octanol–water partition coefficient (Wildman–Crippen LogP) is 3.13. The molecule has 2 unspecified atom stereocenters. The zero-order chi connectivity index (χ0) is 14.8. The van der Waals surface area contributed by atoms with E-state index >= 15 is 0 Å². The number of ether oxygens (including phenoxy) is 2. The van der Waals surface area contributed by atoms with E-state index in [4.69, 9.17) is 9.47 Å². The second-order valence-electron chi connectivity index (χ2n) is 5.87. The van der Waals surface area contributed by atoms with Crippen LogP contribution in [0.2, 0.25) is 0 Å². The van der Waals surface area contributed by atoms with Gasteiger partial charge in [-0.2, -0.15) is 0 Å². The fourth-order valence-corrected chi connectivity index (χ4v) is 2.80. The normalized spacial score (nSPS) is 24.2. The van der Waals surface area contributed by atoms with Gasteiger partial charge in [0.25, 0.3) is 0 Å². The van der Waals surface area contributed by atoms with E-state index in [1.165, 1.54) is 7.11 Å². The topological polar surface area (TPSA) is 30.5 Å². The summed E-state index contributed by atoms with van der Waals surface area (Å²) in [6.45, 7) is 7.65. The second-order valence-corrected chi connectivity index (χ2v) is 5.87. The number of benzene rings is 1. The van der Waals surface area contributed by atoms with E-state index in [1.807, 2.05) is 13.0 Å². The largest absolute Gasteiger partial charge is 0.494 e. The molecule has 0 radical (unpaired) electrons. The molecule has 1 aliphatic rings. The van der Waals surface area contributed by atoms with Crippen molar-refractivity contribution in [3.8, 4) is 5.75 Å². The molecule has 3 nitrogen and oxygen atoms in total. The average Bonchev–Trinajstić information content (AvgIpc) is 2.43. The molecule has 0 aromatic heterocycles. The van der Waals surface area contributed by atoms with Gasteiger partial charge in [0.2, 0.25) is 0 Å². The predicted molar refractivity (Wildman–Crippen MR) is 77.4 cm³/mol. The van der Waals surface area contributed by atoms with Crippen molar-refractivity contribution in [2.75, 3.05) is 13.7 Å². The Bertz CT molecular complexity index is 462. The van der Waals surface area contributed by atoms with Crippen LogP contribution in [0.1, 0.15) is 32.8 Å². The van der Waals surface area contributed by atoms with Crippen molar-refractivity contribution in [2.45, 2.75) is 45.9 Å². The van der Waals surface area contributed by atoms with Crippen LogP contribution in [-0.2, 0) is 11.3 Å². The Kier molecular flexibility index (Phi) is 4.66. The molecule has 1 N–H and O–H groups in total. The Hall–Kier alpha value is -1.13. The molecule has 0 aliphatic heterocycles. The van der Waals surface area contributed by atoms with Crippen LogP contribution in [0.25, 0.3) is 0 Å². The minimum Gasteiger partial charge on any atom is -0.494 e. The SMILES string of the molecule is CCOC1CC(NCc2cccc(OC)c2F)C1(C)C. The van der Waals surface area contributed by atoms with Crippen LogP contribution in [0.4, 0.5) is 4.39 Å². The third-order valence-electron chi connectivity index (χ3n) is 4.35. The van der Waals surface area contributed by atoms with E-state index in [2.05, 4.69) is 19.2 Å². The molecule has 1 aliphatic carbocycles. The van der Waals surface area contributed by atoms with Crippen molar-refractivity contribution in [1.82, 2.24) is 5.32 Å². The van der Waals surface area contributed by atoms with Gasteiger partial charge >= 0.3 is 0 Å². The van der Waals surface area contributed by atoms with Crippen molar-refractivity contribution < 1.29 is 13.9 Å². The molecule has 0 spiro atoms. The molecule has 1 aromatic rings. The van der Waals surface area contributed by atoms with Crippen molar-refractivity contribution in [3.05, 3.63) is 29.6 Å². The molecule has 0 saturated heterocycles. The Morgan fingerprint density at radius 2 is 2.15 bits per heavy atom. The minimum absolute atomic E-state index is 0.0886. The first-order valence-corrected chi connectivity index (χ1v) is 7.17. The summed E-state index contributed by atoms with van der Waals surface area (Å²) in [7, 11) is 1.48. The Balaban J connectivity index is 1.94. The van der Waals surface area contributed by atoms with Crippen LogP contribution >= 0.6 is 0 Å². The highest BCUT2D eigenvalue weighted by Gasteiger charge is 2.48. The molecule has 20 heavy (non-hydrogen) atoms. The van der Waals surface area contributed by atoms with Gasteiger partial charge in [0.1, 0.15) is 0 Å². The van der Waals surface area contributed by atoms with Crippen LogP contribution in [-0.4, -0.2) is 25.9 Å². The summed E-state index contributed by atoms with van der Waals surface area (Å²) in [5.74, 6) is 0.0188. The van der Waals surface area contributed by atoms with Crippen LogP contribution in [0, 0.1) is 11.2 Å². The van der Waals surface area contributed by atoms with Gasteiger partial charge in [-0.3, -0.25) is 0 Å². The zero-order valence-corrected chi connectivity index (χ0v) is 12.7. The first-order valence-electron chi connectivity index (χ1n) is 7.17. The van der Waals surface area contributed by atoms with Crippen LogP contribution in [0.15, 0.2) is 18.2 Å². The molecule has 1 aromatic carbocycles. The summed E-state index contributed by atoms with van der Waals surface area (Å²) in [6.07, 6.45) is 1.27. The smallest absolute Gasteiger partial charge is 0.169 e. The first-order chi connectivity index (χ1) is 9.50. The maximum Gasteiger partial charge on any atom is 0.169 e. The molecule has 0 amide bonds. The van der Waals surface area contributed by atoms with E-state index in [1.54, 1.807) is 12.1 Å². The van der Waals surface area contributed by atoms with E-state index in [0.29, 0.717) is 30.0 Å². The number of hydrogen-bond acceptors (Lipinski definition) is 3. The van der Waals surface area contributed by atoms with E-state index < -0.39 is 0 Å². The third kappa shape index (κ3) is 2.81. The van der Waals surface area contributed by atoms with Gasteiger partial charge in [0, 0.05) is 30.2 Å². The third-order valence-corrected chi connectivity index (χ3v) is 4.35. The van der Waals surface area contributed by atoms with Crippen molar-refractivity contribution in [3.63, 3.8) is 0 Å². The highest BCUT2D eigenvalue weighted by atomic mass is 19.1. The Morgan fingerprint density at radius 1 is 1.40 bits per heavy atom.